The van der Waals surface area contributed by atoms with Crippen molar-refractivity contribution >= 4 is 42.6 Å². The minimum atomic E-state index is -3.68. The molecule has 0 saturated carbocycles. The number of nitrogens with zero attached hydrogens (tertiary/aromatic N) is 3. The zero-order valence-corrected chi connectivity index (χ0v) is 22.2. The Morgan fingerprint density at radius 1 is 1.16 bits per heavy atom. The molecule has 0 bridgehead atoms. The summed E-state index contributed by atoms with van der Waals surface area (Å²) >= 11 is 1.02. The monoisotopic (exact) mass is 549 g/mol. The summed E-state index contributed by atoms with van der Waals surface area (Å²) in [6.07, 6.45) is 4.87. The van der Waals surface area contributed by atoms with Crippen molar-refractivity contribution < 1.29 is 26.7 Å². The van der Waals surface area contributed by atoms with E-state index < -0.39 is 27.6 Å². The molecule has 2 aliphatic heterocycles. The molecule has 3 heterocycles. The largest absolute Gasteiger partial charge is 0.376 e. The smallest absolute Gasteiger partial charge is 0.260 e. The molecule has 5 rings (SSSR count). The fraction of sp³-hybridized carbons (Fsp3) is 0.462. The average molecular weight is 550 g/mol. The van der Waals surface area contributed by atoms with Crippen molar-refractivity contribution in [3.05, 3.63) is 53.6 Å². The SMILES string of the molecule is CCC1CCCCN1S(=O)(=O)c1ccc(C(=O)N(CC2CCCO2)c2nc3c(F)cc(F)cc3s2)cc1. The molecule has 0 spiro atoms. The second-order valence-corrected chi connectivity index (χ2v) is 12.4. The summed E-state index contributed by atoms with van der Waals surface area (Å²) < 4.78 is 62.3. The van der Waals surface area contributed by atoms with E-state index in [1.807, 2.05) is 6.92 Å². The highest BCUT2D eigenvalue weighted by atomic mass is 32.2. The van der Waals surface area contributed by atoms with Gasteiger partial charge in [-0.25, -0.2) is 22.2 Å². The first kappa shape index (κ1) is 26.1. The minimum Gasteiger partial charge on any atom is -0.376 e. The number of carbonyl (C=O) groups excluding carboxylic acids is 1. The number of thiazole rings is 1. The molecule has 2 fully saturated rings. The van der Waals surface area contributed by atoms with Gasteiger partial charge in [0.25, 0.3) is 5.91 Å². The maximum atomic E-state index is 14.3. The number of piperidine rings is 1. The van der Waals surface area contributed by atoms with Crippen LogP contribution in [0.25, 0.3) is 10.2 Å². The lowest BCUT2D eigenvalue weighted by Gasteiger charge is -2.34. The summed E-state index contributed by atoms with van der Waals surface area (Å²) in [5.74, 6) is -1.92. The van der Waals surface area contributed by atoms with Crippen molar-refractivity contribution in [1.82, 2.24) is 9.29 Å². The average Bonchev–Trinajstić information content (AvgIpc) is 3.57. The van der Waals surface area contributed by atoms with E-state index >= 15 is 0 Å². The quantitative estimate of drug-likeness (QED) is 0.397. The van der Waals surface area contributed by atoms with Crippen molar-refractivity contribution in [1.29, 1.82) is 0 Å². The number of rotatable bonds is 7. The normalized spacial score (nSPS) is 20.9. The molecule has 2 aromatic carbocycles. The van der Waals surface area contributed by atoms with Crippen molar-refractivity contribution in [3.63, 3.8) is 0 Å². The lowest BCUT2D eigenvalue weighted by atomic mass is 10.0. The third-order valence-corrected chi connectivity index (χ3v) is 10.0. The van der Waals surface area contributed by atoms with Gasteiger partial charge in [0.15, 0.2) is 10.9 Å². The number of benzene rings is 2. The highest BCUT2D eigenvalue weighted by Gasteiger charge is 2.33. The highest BCUT2D eigenvalue weighted by Crippen LogP contribution is 2.33. The summed E-state index contributed by atoms with van der Waals surface area (Å²) in [5.41, 5.74) is 0.272. The summed E-state index contributed by atoms with van der Waals surface area (Å²) in [4.78, 5) is 19.5. The van der Waals surface area contributed by atoms with Crippen LogP contribution < -0.4 is 4.90 Å². The molecule has 11 heteroatoms. The third-order valence-electron chi connectivity index (χ3n) is 7.04. The molecule has 0 N–H and O–H groups in total. The Hall–Kier alpha value is -2.47. The van der Waals surface area contributed by atoms with Crippen LogP contribution in [0, 0.1) is 11.6 Å². The molecule has 1 aromatic heterocycles. The van der Waals surface area contributed by atoms with Crippen LogP contribution in [-0.4, -0.2) is 55.5 Å². The standard InChI is InChI=1S/C26H29F2N3O4S2/c1-2-19-6-3-4-12-31(19)37(33,34)21-10-8-17(9-11-21)25(32)30(16-20-7-5-13-35-20)26-29-24-22(28)14-18(27)15-23(24)36-26/h8-11,14-15,19-20H,2-7,12-13,16H2,1H3. The van der Waals surface area contributed by atoms with E-state index in [4.69, 9.17) is 4.74 Å². The second kappa shape index (κ2) is 10.7. The number of aromatic nitrogens is 1. The van der Waals surface area contributed by atoms with E-state index in [0.29, 0.717) is 17.9 Å². The van der Waals surface area contributed by atoms with Crippen LogP contribution in [0.5, 0.6) is 0 Å². The Morgan fingerprint density at radius 2 is 1.95 bits per heavy atom. The number of halogens is 2. The zero-order valence-electron chi connectivity index (χ0n) is 20.5. The van der Waals surface area contributed by atoms with E-state index in [1.54, 1.807) is 4.31 Å². The topological polar surface area (TPSA) is 79.8 Å². The first-order valence-corrected chi connectivity index (χ1v) is 14.8. The number of sulfonamides is 1. The maximum Gasteiger partial charge on any atom is 0.260 e. The third kappa shape index (κ3) is 5.27. The second-order valence-electron chi connectivity index (χ2n) is 9.48. The Bertz CT molecular complexity index is 1390. The summed E-state index contributed by atoms with van der Waals surface area (Å²) in [6.45, 7) is 3.28. The van der Waals surface area contributed by atoms with Crippen LogP contribution in [0.4, 0.5) is 13.9 Å². The predicted octanol–water partition coefficient (Wildman–Crippen LogP) is 5.35. The molecule has 3 aromatic rings. The number of fused-ring (bicyclic) bond motifs is 1. The molecule has 7 nitrogen and oxygen atoms in total. The molecule has 37 heavy (non-hydrogen) atoms. The number of hydrogen-bond donors (Lipinski definition) is 0. The molecule has 2 unspecified atom stereocenters. The number of amides is 1. The van der Waals surface area contributed by atoms with Crippen LogP contribution >= 0.6 is 11.3 Å². The van der Waals surface area contributed by atoms with Crippen LogP contribution in [0.1, 0.15) is 55.8 Å². The fourth-order valence-electron chi connectivity index (χ4n) is 5.06. The van der Waals surface area contributed by atoms with Gasteiger partial charge < -0.3 is 4.74 Å². The van der Waals surface area contributed by atoms with Crippen molar-refractivity contribution in [2.45, 2.75) is 62.5 Å². The Morgan fingerprint density at radius 3 is 2.65 bits per heavy atom. The molecular weight excluding hydrogens is 520 g/mol. The molecule has 1 amide bonds. The van der Waals surface area contributed by atoms with Gasteiger partial charge in [-0.15, -0.1) is 0 Å². The van der Waals surface area contributed by atoms with Gasteiger partial charge in [-0.3, -0.25) is 9.69 Å². The molecule has 0 radical (unpaired) electrons. The van der Waals surface area contributed by atoms with E-state index in [0.717, 1.165) is 55.9 Å². The Kier molecular flexibility index (Phi) is 7.58. The summed E-state index contributed by atoms with van der Waals surface area (Å²) in [7, 11) is -3.68. The number of ether oxygens (including phenoxy) is 1. The highest BCUT2D eigenvalue weighted by molar-refractivity contribution is 7.89. The van der Waals surface area contributed by atoms with Crippen LogP contribution in [0.2, 0.25) is 0 Å². The van der Waals surface area contributed by atoms with Gasteiger partial charge in [-0.2, -0.15) is 4.31 Å². The van der Waals surface area contributed by atoms with Gasteiger partial charge >= 0.3 is 0 Å². The van der Waals surface area contributed by atoms with E-state index in [-0.39, 0.29) is 39.8 Å². The van der Waals surface area contributed by atoms with Crippen molar-refractivity contribution in [2.75, 3.05) is 24.6 Å². The van der Waals surface area contributed by atoms with Crippen LogP contribution in [0.15, 0.2) is 41.3 Å². The number of hydrogen-bond acceptors (Lipinski definition) is 6. The molecule has 0 aliphatic carbocycles. The van der Waals surface area contributed by atoms with Gasteiger partial charge in [-0.05, 0) is 62.4 Å². The van der Waals surface area contributed by atoms with Crippen molar-refractivity contribution in [2.24, 2.45) is 0 Å². The van der Waals surface area contributed by atoms with Gasteiger partial charge in [0.2, 0.25) is 10.0 Å². The molecular formula is C26H29F2N3O4S2. The van der Waals surface area contributed by atoms with Gasteiger partial charge in [-0.1, -0.05) is 24.7 Å². The van der Waals surface area contributed by atoms with Crippen LogP contribution in [0.3, 0.4) is 0 Å². The number of carbonyl (C=O) groups is 1. The van der Waals surface area contributed by atoms with Gasteiger partial charge in [0.1, 0.15) is 11.3 Å². The fourth-order valence-corrected chi connectivity index (χ4v) is 7.84. The lowest BCUT2D eigenvalue weighted by Crippen LogP contribution is -2.43. The predicted molar refractivity (Wildman–Crippen MR) is 138 cm³/mol. The van der Waals surface area contributed by atoms with Gasteiger partial charge in [0, 0.05) is 30.8 Å². The molecule has 2 aliphatic rings. The first-order chi connectivity index (χ1) is 17.8. The van der Waals surface area contributed by atoms with E-state index in [9.17, 15) is 22.0 Å². The summed E-state index contributed by atoms with van der Waals surface area (Å²) in [5, 5.41) is 0.232. The van der Waals surface area contributed by atoms with Crippen molar-refractivity contribution in [3.8, 4) is 0 Å². The molecule has 2 saturated heterocycles. The maximum absolute atomic E-state index is 14.3. The van der Waals surface area contributed by atoms with E-state index in [2.05, 4.69) is 4.98 Å². The summed E-state index contributed by atoms with van der Waals surface area (Å²) in [6, 6.07) is 7.85. The first-order valence-electron chi connectivity index (χ1n) is 12.6. The molecule has 2 atom stereocenters. The van der Waals surface area contributed by atoms with Crippen LogP contribution in [-0.2, 0) is 14.8 Å². The number of anilines is 1. The Balaban J connectivity index is 1.45. The Labute approximate surface area is 219 Å². The zero-order chi connectivity index (χ0) is 26.2. The van der Waals surface area contributed by atoms with Gasteiger partial charge in [0.05, 0.1) is 22.2 Å². The lowest BCUT2D eigenvalue weighted by molar-refractivity contribution is 0.0917. The minimum absolute atomic E-state index is 0.00000786. The van der Waals surface area contributed by atoms with E-state index in [1.165, 1.54) is 35.2 Å². The molecule has 198 valence electrons.